The number of halogens is 1. The monoisotopic (exact) mass is 429 g/mol. The fraction of sp³-hybridized carbons (Fsp3) is 0.136. The van der Waals surface area contributed by atoms with Crippen LogP contribution in [0.3, 0.4) is 0 Å². The summed E-state index contributed by atoms with van der Waals surface area (Å²) in [5, 5.41) is 0.588. The van der Waals surface area contributed by atoms with E-state index in [1.807, 2.05) is 30.3 Å². The normalized spacial score (nSPS) is 12.6. The molecule has 3 rings (SSSR count). The molecule has 0 spiro atoms. The third-order valence-electron chi connectivity index (χ3n) is 4.37. The Hall–Kier alpha value is -2.67. The van der Waals surface area contributed by atoms with Gasteiger partial charge in [-0.15, -0.1) is 0 Å². The lowest BCUT2D eigenvalue weighted by atomic mass is 10.0. The molecule has 7 heteroatoms. The van der Waals surface area contributed by atoms with Crippen molar-refractivity contribution in [3.05, 3.63) is 101 Å². The van der Waals surface area contributed by atoms with Gasteiger partial charge in [-0.2, -0.15) is 0 Å². The Morgan fingerprint density at radius 2 is 1.41 bits per heavy atom. The first-order valence-electron chi connectivity index (χ1n) is 8.83. The van der Waals surface area contributed by atoms with Crippen LogP contribution in [-0.2, 0) is 14.8 Å². The zero-order valence-corrected chi connectivity index (χ0v) is 17.5. The van der Waals surface area contributed by atoms with E-state index in [-0.39, 0.29) is 10.5 Å². The maximum Gasteiger partial charge on any atom is 0.339 e. The maximum absolute atomic E-state index is 12.8. The lowest BCUT2D eigenvalue weighted by Gasteiger charge is -2.19. The minimum Gasteiger partial charge on any atom is -0.449 e. The van der Waals surface area contributed by atoms with Gasteiger partial charge in [0.15, 0.2) is 6.10 Å². The summed E-state index contributed by atoms with van der Waals surface area (Å²) in [6, 6.07) is 22.1. The molecule has 0 radical (unpaired) electrons. The van der Waals surface area contributed by atoms with E-state index in [2.05, 4.69) is 0 Å². The van der Waals surface area contributed by atoms with E-state index in [0.29, 0.717) is 5.02 Å². The van der Waals surface area contributed by atoms with E-state index < -0.39 is 22.1 Å². The lowest BCUT2D eigenvalue weighted by Crippen LogP contribution is -2.22. The smallest absolute Gasteiger partial charge is 0.339 e. The predicted octanol–water partition coefficient (Wildman–Crippen LogP) is 4.54. The number of nitrogens with zero attached hydrogens (tertiary/aromatic N) is 1. The third kappa shape index (κ3) is 4.85. The number of carbonyl (C=O) groups excluding carboxylic acids is 1. The summed E-state index contributed by atoms with van der Waals surface area (Å²) in [6.45, 7) is 0. The van der Waals surface area contributed by atoms with Crippen LogP contribution in [0.25, 0.3) is 0 Å². The van der Waals surface area contributed by atoms with Gasteiger partial charge in [-0.25, -0.2) is 17.5 Å². The molecular weight excluding hydrogens is 410 g/mol. The lowest BCUT2D eigenvalue weighted by molar-refractivity contribution is 0.0378. The van der Waals surface area contributed by atoms with E-state index in [0.717, 1.165) is 15.4 Å². The summed E-state index contributed by atoms with van der Waals surface area (Å²) in [6.07, 6.45) is -0.619. The molecule has 0 N–H and O–H groups in total. The van der Waals surface area contributed by atoms with Crippen LogP contribution in [0.1, 0.15) is 27.6 Å². The molecule has 1 atom stereocenters. The number of ether oxygens (including phenoxy) is 1. The summed E-state index contributed by atoms with van der Waals surface area (Å²) < 4.78 is 31.3. The molecule has 0 bridgehead atoms. The Morgan fingerprint density at radius 3 is 1.97 bits per heavy atom. The van der Waals surface area contributed by atoms with Crippen LogP contribution in [0.4, 0.5) is 0 Å². The van der Waals surface area contributed by atoms with Crippen molar-refractivity contribution in [3.8, 4) is 0 Å². The molecule has 0 fully saturated rings. The molecule has 0 heterocycles. The third-order valence-corrected chi connectivity index (χ3v) is 6.45. The summed E-state index contributed by atoms with van der Waals surface area (Å²) in [7, 11) is -0.659. The molecule has 0 aliphatic rings. The van der Waals surface area contributed by atoms with Crippen LogP contribution >= 0.6 is 11.6 Å². The molecule has 3 aromatic carbocycles. The van der Waals surface area contributed by atoms with Gasteiger partial charge >= 0.3 is 5.97 Å². The van der Waals surface area contributed by atoms with Crippen molar-refractivity contribution in [2.45, 2.75) is 11.0 Å². The summed E-state index contributed by atoms with van der Waals surface area (Å²) in [5.41, 5.74) is 1.85. The highest BCUT2D eigenvalue weighted by Crippen LogP contribution is 2.28. The minimum absolute atomic E-state index is 0.108. The van der Waals surface area contributed by atoms with E-state index in [9.17, 15) is 13.2 Å². The molecule has 5 nitrogen and oxygen atoms in total. The van der Waals surface area contributed by atoms with Crippen molar-refractivity contribution in [1.82, 2.24) is 4.31 Å². The summed E-state index contributed by atoms with van der Waals surface area (Å²) in [4.78, 5) is 12.9. The number of rotatable bonds is 6. The van der Waals surface area contributed by atoms with Gasteiger partial charge in [-0.05, 0) is 47.5 Å². The standard InChI is InChI=1S/C22H20ClNO4S/c1-24(2)29(26,27)20-14-10-18(11-15-20)22(25)28-21(16-6-4-3-5-7-16)17-8-12-19(23)13-9-17/h3-15,21H,1-2H3/t21-/m1/s1. The number of carbonyl (C=O) groups is 1. The van der Waals surface area contributed by atoms with Crippen molar-refractivity contribution in [2.75, 3.05) is 14.1 Å². The van der Waals surface area contributed by atoms with Gasteiger partial charge in [-0.3, -0.25) is 0 Å². The topological polar surface area (TPSA) is 63.7 Å². The number of hydrogen-bond donors (Lipinski definition) is 0. The van der Waals surface area contributed by atoms with Crippen LogP contribution < -0.4 is 0 Å². The molecule has 0 aliphatic carbocycles. The number of hydrogen-bond acceptors (Lipinski definition) is 4. The molecule has 0 unspecified atom stereocenters. The zero-order valence-electron chi connectivity index (χ0n) is 15.9. The summed E-state index contributed by atoms with van der Waals surface area (Å²) >= 11 is 5.98. The molecule has 29 heavy (non-hydrogen) atoms. The van der Waals surface area contributed by atoms with Crippen molar-refractivity contribution >= 4 is 27.6 Å². The second-order valence-electron chi connectivity index (χ2n) is 6.56. The molecule has 0 aromatic heterocycles. The van der Waals surface area contributed by atoms with Gasteiger partial charge in [0.25, 0.3) is 0 Å². The second-order valence-corrected chi connectivity index (χ2v) is 9.15. The highest BCUT2D eigenvalue weighted by Gasteiger charge is 2.22. The zero-order chi connectivity index (χ0) is 21.0. The van der Waals surface area contributed by atoms with Crippen molar-refractivity contribution in [3.63, 3.8) is 0 Å². The van der Waals surface area contributed by atoms with Gasteiger partial charge in [0.05, 0.1) is 10.5 Å². The average molecular weight is 430 g/mol. The first-order chi connectivity index (χ1) is 13.8. The highest BCUT2D eigenvalue weighted by atomic mass is 35.5. The molecule has 0 aliphatic heterocycles. The van der Waals surface area contributed by atoms with Crippen LogP contribution in [0.5, 0.6) is 0 Å². The van der Waals surface area contributed by atoms with Crippen LogP contribution in [0.2, 0.25) is 5.02 Å². The highest BCUT2D eigenvalue weighted by molar-refractivity contribution is 7.89. The van der Waals surface area contributed by atoms with Gasteiger partial charge < -0.3 is 4.74 Å². The molecule has 150 valence electrons. The van der Waals surface area contributed by atoms with Crippen LogP contribution in [-0.4, -0.2) is 32.8 Å². The fourth-order valence-corrected chi connectivity index (χ4v) is 3.77. The number of benzene rings is 3. The predicted molar refractivity (Wildman–Crippen MR) is 112 cm³/mol. The Kier molecular flexibility index (Phi) is 6.37. The fourth-order valence-electron chi connectivity index (χ4n) is 2.74. The Bertz CT molecular complexity index is 1080. The Morgan fingerprint density at radius 1 is 0.862 bits per heavy atom. The maximum atomic E-state index is 12.8. The van der Waals surface area contributed by atoms with E-state index in [1.165, 1.54) is 38.4 Å². The largest absolute Gasteiger partial charge is 0.449 e. The first kappa shape index (κ1) is 21.0. The first-order valence-corrected chi connectivity index (χ1v) is 10.6. The van der Waals surface area contributed by atoms with E-state index in [1.54, 1.807) is 24.3 Å². The Labute approximate surface area is 175 Å². The van der Waals surface area contributed by atoms with Crippen LogP contribution in [0, 0.1) is 0 Å². The van der Waals surface area contributed by atoms with Crippen molar-refractivity contribution in [2.24, 2.45) is 0 Å². The molecule has 0 amide bonds. The average Bonchev–Trinajstić information content (AvgIpc) is 2.73. The Balaban J connectivity index is 1.88. The van der Waals surface area contributed by atoms with E-state index in [4.69, 9.17) is 16.3 Å². The molecule has 0 saturated heterocycles. The minimum atomic E-state index is -3.56. The molecule has 0 saturated carbocycles. The van der Waals surface area contributed by atoms with Gasteiger partial charge in [0.2, 0.25) is 10.0 Å². The van der Waals surface area contributed by atoms with Gasteiger partial charge in [0.1, 0.15) is 0 Å². The SMILES string of the molecule is CN(C)S(=O)(=O)c1ccc(C(=O)O[C@H](c2ccccc2)c2ccc(Cl)cc2)cc1. The van der Waals surface area contributed by atoms with Crippen LogP contribution in [0.15, 0.2) is 83.8 Å². The molecular formula is C22H20ClNO4S. The van der Waals surface area contributed by atoms with Crippen molar-refractivity contribution < 1.29 is 17.9 Å². The number of esters is 1. The molecule has 3 aromatic rings. The van der Waals surface area contributed by atoms with Gasteiger partial charge in [0, 0.05) is 19.1 Å². The van der Waals surface area contributed by atoms with E-state index >= 15 is 0 Å². The van der Waals surface area contributed by atoms with Gasteiger partial charge in [-0.1, -0.05) is 54.1 Å². The van der Waals surface area contributed by atoms with Crippen molar-refractivity contribution in [1.29, 1.82) is 0 Å². The number of sulfonamides is 1. The quantitative estimate of drug-likeness (QED) is 0.540. The summed E-state index contributed by atoms with van der Waals surface area (Å²) in [5.74, 6) is -0.553. The second kappa shape index (κ2) is 8.78.